The van der Waals surface area contributed by atoms with Gasteiger partial charge in [-0.2, -0.15) is 11.8 Å². The number of hydrogen-bond acceptors (Lipinski definition) is 3. The molecule has 1 N–H and O–H groups in total. The molecule has 4 heteroatoms. The Balaban J connectivity index is 1.68. The molecule has 0 saturated carbocycles. The van der Waals surface area contributed by atoms with Crippen molar-refractivity contribution in [2.45, 2.75) is 32.4 Å². The lowest BCUT2D eigenvalue weighted by molar-refractivity contribution is 0.483. The van der Waals surface area contributed by atoms with Gasteiger partial charge in [-0.15, -0.1) is 0 Å². The Bertz CT molecular complexity index is 292. The molecule has 1 aromatic rings. The number of nitrogens with zero attached hydrogens (tertiary/aromatic N) is 2. The molecule has 0 spiro atoms. The standard InChI is InChI=1S/C11H19N3S/c1-10-12-4-6-14(10)7-5-13-11-3-2-8-15-9-11/h4,6,11,13H,2-3,5,7-9H2,1H3/t11-/m1/s1. The van der Waals surface area contributed by atoms with Crippen molar-refractivity contribution in [1.29, 1.82) is 0 Å². The summed E-state index contributed by atoms with van der Waals surface area (Å²) in [6.45, 7) is 4.14. The zero-order valence-electron chi connectivity index (χ0n) is 9.28. The van der Waals surface area contributed by atoms with Crippen LogP contribution in [0.4, 0.5) is 0 Å². The molecule has 1 fully saturated rings. The second-order valence-electron chi connectivity index (χ2n) is 4.04. The van der Waals surface area contributed by atoms with Gasteiger partial charge < -0.3 is 9.88 Å². The van der Waals surface area contributed by atoms with Crippen molar-refractivity contribution in [3.8, 4) is 0 Å². The lowest BCUT2D eigenvalue weighted by atomic mass is 10.2. The Labute approximate surface area is 95.7 Å². The zero-order chi connectivity index (χ0) is 10.5. The van der Waals surface area contributed by atoms with Crippen LogP contribution in [0.25, 0.3) is 0 Å². The second kappa shape index (κ2) is 5.56. The summed E-state index contributed by atoms with van der Waals surface area (Å²) in [7, 11) is 0. The van der Waals surface area contributed by atoms with Gasteiger partial charge in [-0.3, -0.25) is 0 Å². The van der Waals surface area contributed by atoms with E-state index in [1.807, 2.05) is 12.4 Å². The van der Waals surface area contributed by atoms with Gasteiger partial charge in [0.1, 0.15) is 5.82 Å². The van der Waals surface area contributed by atoms with E-state index >= 15 is 0 Å². The van der Waals surface area contributed by atoms with Crippen molar-refractivity contribution in [1.82, 2.24) is 14.9 Å². The van der Waals surface area contributed by atoms with Crippen LogP contribution in [-0.2, 0) is 6.54 Å². The van der Waals surface area contributed by atoms with Crippen LogP contribution in [0.3, 0.4) is 0 Å². The molecule has 1 aromatic heterocycles. The topological polar surface area (TPSA) is 29.9 Å². The van der Waals surface area contributed by atoms with Gasteiger partial charge in [0.25, 0.3) is 0 Å². The molecular formula is C11H19N3S. The lowest BCUT2D eigenvalue weighted by Gasteiger charge is -2.22. The van der Waals surface area contributed by atoms with Gasteiger partial charge in [0.2, 0.25) is 0 Å². The van der Waals surface area contributed by atoms with Crippen LogP contribution >= 0.6 is 11.8 Å². The number of imidazole rings is 1. The lowest BCUT2D eigenvalue weighted by Crippen LogP contribution is -2.35. The van der Waals surface area contributed by atoms with E-state index in [2.05, 4.69) is 33.6 Å². The Morgan fingerprint density at radius 3 is 3.27 bits per heavy atom. The molecule has 2 heterocycles. The maximum absolute atomic E-state index is 4.21. The van der Waals surface area contributed by atoms with E-state index < -0.39 is 0 Å². The first-order chi connectivity index (χ1) is 7.36. The van der Waals surface area contributed by atoms with E-state index in [0.29, 0.717) is 0 Å². The molecule has 0 amide bonds. The number of aryl methyl sites for hydroxylation is 1. The Hall–Kier alpha value is -0.480. The van der Waals surface area contributed by atoms with E-state index in [0.717, 1.165) is 25.0 Å². The second-order valence-corrected chi connectivity index (χ2v) is 5.19. The van der Waals surface area contributed by atoms with E-state index in [1.165, 1.54) is 24.3 Å². The molecule has 0 aliphatic carbocycles. The van der Waals surface area contributed by atoms with Crippen LogP contribution < -0.4 is 5.32 Å². The predicted octanol–water partition coefficient (Wildman–Crippen LogP) is 1.68. The largest absolute Gasteiger partial charge is 0.334 e. The first-order valence-corrected chi connectivity index (χ1v) is 6.80. The summed E-state index contributed by atoms with van der Waals surface area (Å²) in [5.41, 5.74) is 0. The number of hydrogen-bond donors (Lipinski definition) is 1. The van der Waals surface area contributed by atoms with Crippen LogP contribution in [0.15, 0.2) is 12.4 Å². The third-order valence-corrected chi connectivity index (χ3v) is 4.09. The predicted molar refractivity (Wildman–Crippen MR) is 65.3 cm³/mol. The molecule has 15 heavy (non-hydrogen) atoms. The Kier molecular flexibility index (Phi) is 4.09. The van der Waals surface area contributed by atoms with Crippen LogP contribution in [0.5, 0.6) is 0 Å². The summed E-state index contributed by atoms with van der Waals surface area (Å²) in [6.07, 6.45) is 6.63. The Morgan fingerprint density at radius 1 is 1.67 bits per heavy atom. The first-order valence-electron chi connectivity index (χ1n) is 5.65. The molecule has 1 saturated heterocycles. The highest BCUT2D eigenvalue weighted by Gasteiger charge is 2.12. The molecule has 3 nitrogen and oxygen atoms in total. The first kappa shape index (κ1) is 11.0. The molecule has 1 atom stereocenters. The summed E-state index contributed by atoms with van der Waals surface area (Å²) in [4.78, 5) is 4.21. The monoisotopic (exact) mass is 225 g/mol. The van der Waals surface area contributed by atoms with Gasteiger partial charge >= 0.3 is 0 Å². The van der Waals surface area contributed by atoms with Gasteiger partial charge in [-0.05, 0) is 25.5 Å². The molecule has 1 aliphatic rings. The highest BCUT2D eigenvalue weighted by Crippen LogP contribution is 2.16. The number of rotatable bonds is 4. The average molecular weight is 225 g/mol. The molecule has 2 rings (SSSR count). The minimum Gasteiger partial charge on any atom is -0.334 e. The van der Waals surface area contributed by atoms with Gasteiger partial charge in [0, 0.05) is 37.3 Å². The summed E-state index contributed by atoms with van der Waals surface area (Å²) in [5.74, 6) is 3.73. The zero-order valence-corrected chi connectivity index (χ0v) is 10.1. The third kappa shape index (κ3) is 3.24. The van der Waals surface area contributed by atoms with E-state index in [9.17, 15) is 0 Å². The summed E-state index contributed by atoms with van der Waals surface area (Å²) >= 11 is 2.07. The fraction of sp³-hybridized carbons (Fsp3) is 0.727. The average Bonchev–Trinajstić information content (AvgIpc) is 2.66. The van der Waals surface area contributed by atoms with E-state index in [1.54, 1.807) is 0 Å². The maximum atomic E-state index is 4.21. The quantitative estimate of drug-likeness (QED) is 0.845. The Morgan fingerprint density at radius 2 is 2.60 bits per heavy atom. The van der Waals surface area contributed by atoms with Crippen molar-refractivity contribution in [2.24, 2.45) is 0 Å². The van der Waals surface area contributed by atoms with Crippen LogP contribution in [-0.4, -0.2) is 33.6 Å². The van der Waals surface area contributed by atoms with E-state index in [4.69, 9.17) is 0 Å². The fourth-order valence-corrected chi connectivity index (χ4v) is 3.04. The van der Waals surface area contributed by atoms with Crippen molar-refractivity contribution in [3.05, 3.63) is 18.2 Å². The van der Waals surface area contributed by atoms with Gasteiger partial charge in [-0.25, -0.2) is 4.98 Å². The van der Waals surface area contributed by atoms with Crippen LogP contribution in [0, 0.1) is 6.92 Å². The molecule has 0 aromatic carbocycles. The van der Waals surface area contributed by atoms with Gasteiger partial charge in [0.15, 0.2) is 0 Å². The maximum Gasteiger partial charge on any atom is 0.105 e. The molecule has 84 valence electrons. The fourth-order valence-electron chi connectivity index (χ4n) is 1.93. The molecule has 1 aliphatic heterocycles. The minimum absolute atomic E-state index is 0.729. The number of aromatic nitrogens is 2. The van der Waals surface area contributed by atoms with Crippen LogP contribution in [0.2, 0.25) is 0 Å². The number of thioether (sulfide) groups is 1. The molecule has 0 radical (unpaired) electrons. The normalized spacial score (nSPS) is 21.8. The summed E-state index contributed by atoms with van der Waals surface area (Å²) < 4.78 is 2.20. The summed E-state index contributed by atoms with van der Waals surface area (Å²) in [5, 5.41) is 3.62. The SMILES string of the molecule is Cc1nccn1CCN[C@@H]1CCCSC1. The number of nitrogens with one attached hydrogen (secondary N) is 1. The van der Waals surface area contributed by atoms with Crippen molar-refractivity contribution in [2.75, 3.05) is 18.1 Å². The summed E-state index contributed by atoms with van der Waals surface area (Å²) in [6, 6.07) is 0.729. The third-order valence-electron chi connectivity index (χ3n) is 2.87. The van der Waals surface area contributed by atoms with Gasteiger partial charge in [0.05, 0.1) is 0 Å². The molecule has 0 bridgehead atoms. The van der Waals surface area contributed by atoms with Crippen molar-refractivity contribution in [3.63, 3.8) is 0 Å². The smallest absolute Gasteiger partial charge is 0.105 e. The minimum atomic E-state index is 0.729. The highest BCUT2D eigenvalue weighted by molar-refractivity contribution is 7.99. The van der Waals surface area contributed by atoms with Crippen molar-refractivity contribution >= 4 is 11.8 Å². The highest BCUT2D eigenvalue weighted by atomic mass is 32.2. The van der Waals surface area contributed by atoms with Gasteiger partial charge in [-0.1, -0.05) is 0 Å². The molecular weight excluding hydrogens is 206 g/mol. The van der Waals surface area contributed by atoms with Crippen molar-refractivity contribution < 1.29 is 0 Å². The van der Waals surface area contributed by atoms with E-state index in [-0.39, 0.29) is 0 Å². The van der Waals surface area contributed by atoms with Crippen LogP contribution in [0.1, 0.15) is 18.7 Å². The molecule has 0 unspecified atom stereocenters.